The van der Waals surface area contributed by atoms with Crippen molar-refractivity contribution in [1.29, 1.82) is 0 Å². The Morgan fingerprint density at radius 2 is 1.90 bits per heavy atom. The van der Waals surface area contributed by atoms with E-state index < -0.39 is 0 Å². The van der Waals surface area contributed by atoms with Gasteiger partial charge in [0.15, 0.2) is 0 Å². The summed E-state index contributed by atoms with van der Waals surface area (Å²) in [4.78, 5) is 15.8. The van der Waals surface area contributed by atoms with E-state index in [0.29, 0.717) is 18.1 Å². The van der Waals surface area contributed by atoms with E-state index >= 15 is 0 Å². The van der Waals surface area contributed by atoms with Crippen LogP contribution in [0.3, 0.4) is 0 Å². The van der Waals surface area contributed by atoms with Gasteiger partial charge in [0.1, 0.15) is 0 Å². The number of nitrogens with one attached hydrogen (secondary N) is 2. The number of hydrogen-bond donors (Lipinski definition) is 2. The number of nitrogens with zero attached hydrogens (tertiary/aromatic N) is 1. The number of amides is 2. The highest BCUT2D eigenvalue weighted by atomic mass is 35.5. The average molecular weight is 290 g/mol. The molecule has 4 nitrogen and oxygen atoms in total. The lowest BCUT2D eigenvalue weighted by molar-refractivity contribution is 0.240. The predicted octanol–water partition coefficient (Wildman–Crippen LogP) is 2.78. The van der Waals surface area contributed by atoms with Gasteiger partial charge in [-0.25, -0.2) is 4.79 Å². The summed E-state index contributed by atoms with van der Waals surface area (Å²) in [5.41, 5.74) is 1.97. The Morgan fingerprint density at radius 1 is 1.10 bits per heavy atom. The highest BCUT2D eigenvalue weighted by molar-refractivity contribution is 6.30. The Balaban J connectivity index is 1.67. The zero-order chi connectivity index (χ0) is 14.2. The van der Waals surface area contributed by atoms with Crippen molar-refractivity contribution in [3.63, 3.8) is 0 Å². The summed E-state index contributed by atoms with van der Waals surface area (Å²) in [5.74, 6) is 0. The van der Waals surface area contributed by atoms with Crippen molar-refractivity contribution in [2.45, 2.75) is 13.0 Å². The predicted molar refractivity (Wildman–Crippen MR) is 79.6 cm³/mol. The molecule has 1 aromatic carbocycles. The number of hydrogen-bond acceptors (Lipinski definition) is 2. The zero-order valence-electron chi connectivity index (χ0n) is 11.0. The molecule has 2 amide bonds. The van der Waals surface area contributed by atoms with Gasteiger partial charge in [-0.1, -0.05) is 29.8 Å². The summed E-state index contributed by atoms with van der Waals surface area (Å²) >= 11 is 5.80. The molecule has 1 aromatic heterocycles. The van der Waals surface area contributed by atoms with Gasteiger partial charge in [0.2, 0.25) is 0 Å². The second-order valence-corrected chi connectivity index (χ2v) is 4.74. The van der Waals surface area contributed by atoms with E-state index in [1.54, 1.807) is 18.3 Å². The minimum atomic E-state index is -0.184. The summed E-state index contributed by atoms with van der Waals surface area (Å²) in [6, 6.07) is 12.9. The summed E-state index contributed by atoms with van der Waals surface area (Å²) in [6.07, 6.45) is 2.46. The summed E-state index contributed by atoms with van der Waals surface area (Å²) in [6.45, 7) is 1.04. The van der Waals surface area contributed by atoms with Crippen molar-refractivity contribution in [3.05, 3.63) is 64.9 Å². The topological polar surface area (TPSA) is 54.0 Å². The normalized spacial score (nSPS) is 10.1. The quantitative estimate of drug-likeness (QED) is 0.889. The van der Waals surface area contributed by atoms with Crippen LogP contribution < -0.4 is 10.6 Å². The number of carbonyl (C=O) groups is 1. The second kappa shape index (κ2) is 7.50. The standard InChI is InChI=1S/C15H16ClN3O/c16-13-6-4-12(5-7-13)11-19-15(20)18-10-8-14-3-1-2-9-17-14/h1-7,9H,8,10-11H2,(H2,18,19,20). The van der Waals surface area contributed by atoms with Crippen LogP contribution in [0.5, 0.6) is 0 Å². The molecular formula is C15H16ClN3O. The molecule has 0 radical (unpaired) electrons. The fourth-order valence-electron chi connectivity index (χ4n) is 1.70. The van der Waals surface area contributed by atoms with Crippen LogP contribution >= 0.6 is 11.6 Å². The first-order chi connectivity index (χ1) is 9.74. The molecule has 2 rings (SSSR count). The van der Waals surface area contributed by atoms with E-state index in [2.05, 4.69) is 15.6 Å². The van der Waals surface area contributed by atoms with Gasteiger partial charge in [-0.2, -0.15) is 0 Å². The monoisotopic (exact) mass is 289 g/mol. The first-order valence-corrected chi connectivity index (χ1v) is 6.78. The van der Waals surface area contributed by atoms with E-state index in [9.17, 15) is 4.79 Å². The van der Waals surface area contributed by atoms with Crippen LogP contribution in [0, 0.1) is 0 Å². The van der Waals surface area contributed by atoms with E-state index in [-0.39, 0.29) is 6.03 Å². The number of urea groups is 1. The largest absolute Gasteiger partial charge is 0.338 e. The second-order valence-electron chi connectivity index (χ2n) is 4.31. The SMILES string of the molecule is O=C(NCCc1ccccn1)NCc1ccc(Cl)cc1. The fraction of sp³-hybridized carbons (Fsp3) is 0.200. The first-order valence-electron chi connectivity index (χ1n) is 6.40. The molecule has 20 heavy (non-hydrogen) atoms. The molecule has 0 saturated heterocycles. The number of rotatable bonds is 5. The third-order valence-corrected chi connectivity index (χ3v) is 3.01. The lowest BCUT2D eigenvalue weighted by atomic mass is 10.2. The maximum atomic E-state index is 11.6. The molecule has 0 aliphatic rings. The van der Waals surface area contributed by atoms with Gasteiger partial charge in [0.05, 0.1) is 0 Å². The van der Waals surface area contributed by atoms with E-state index in [4.69, 9.17) is 11.6 Å². The van der Waals surface area contributed by atoms with Gasteiger partial charge < -0.3 is 10.6 Å². The Kier molecular flexibility index (Phi) is 5.38. The zero-order valence-corrected chi connectivity index (χ0v) is 11.7. The van der Waals surface area contributed by atoms with Crippen molar-refractivity contribution >= 4 is 17.6 Å². The van der Waals surface area contributed by atoms with Crippen LogP contribution in [0.1, 0.15) is 11.3 Å². The van der Waals surface area contributed by atoms with E-state index in [0.717, 1.165) is 17.7 Å². The molecule has 0 saturated carbocycles. The molecule has 0 atom stereocenters. The van der Waals surface area contributed by atoms with Gasteiger partial charge in [0.25, 0.3) is 0 Å². The molecule has 5 heteroatoms. The van der Waals surface area contributed by atoms with E-state index in [1.807, 2.05) is 30.3 Å². The number of benzene rings is 1. The van der Waals surface area contributed by atoms with Gasteiger partial charge in [0, 0.05) is 36.4 Å². The molecule has 104 valence electrons. The maximum absolute atomic E-state index is 11.6. The Hall–Kier alpha value is -2.07. The van der Waals surface area contributed by atoms with Crippen LogP contribution in [0.2, 0.25) is 5.02 Å². The van der Waals surface area contributed by atoms with Crippen molar-refractivity contribution in [3.8, 4) is 0 Å². The first kappa shape index (κ1) is 14.3. The molecule has 0 bridgehead atoms. The van der Waals surface area contributed by atoms with Gasteiger partial charge in [-0.15, -0.1) is 0 Å². The van der Waals surface area contributed by atoms with Crippen molar-refractivity contribution in [2.24, 2.45) is 0 Å². The average Bonchev–Trinajstić information content (AvgIpc) is 2.48. The van der Waals surface area contributed by atoms with Crippen molar-refractivity contribution < 1.29 is 4.79 Å². The van der Waals surface area contributed by atoms with Crippen LogP contribution in [0.25, 0.3) is 0 Å². The summed E-state index contributed by atoms with van der Waals surface area (Å²) < 4.78 is 0. The highest BCUT2D eigenvalue weighted by Crippen LogP contribution is 2.08. The minimum absolute atomic E-state index is 0.184. The van der Waals surface area contributed by atoms with Gasteiger partial charge >= 0.3 is 6.03 Å². The minimum Gasteiger partial charge on any atom is -0.338 e. The number of pyridine rings is 1. The molecule has 2 N–H and O–H groups in total. The number of carbonyl (C=O) groups excluding carboxylic acids is 1. The highest BCUT2D eigenvalue weighted by Gasteiger charge is 2.00. The summed E-state index contributed by atoms with van der Waals surface area (Å²) in [7, 11) is 0. The number of aromatic nitrogens is 1. The smallest absolute Gasteiger partial charge is 0.315 e. The fourth-order valence-corrected chi connectivity index (χ4v) is 1.82. The maximum Gasteiger partial charge on any atom is 0.315 e. The molecule has 0 fully saturated rings. The Labute approximate surface area is 123 Å². The third-order valence-electron chi connectivity index (χ3n) is 2.76. The van der Waals surface area contributed by atoms with Crippen LogP contribution in [0.4, 0.5) is 4.79 Å². The molecule has 2 aromatic rings. The molecule has 0 aliphatic carbocycles. The lowest BCUT2D eigenvalue weighted by Crippen LogP contribution is -2.36. The number of halogens is 1. The Bertz CT molecular complexity index is 543. The molecule has 1 heterocycles. The molecule has 0 unspecified atom stereocenters. The summed E-state index contributed by atoms with van der Waals surface area (Å²) in [5, 5.41) is 6.28. The van der Waals surface area contributed by atoms with Gasteiger partial charge in [-0.3, -0.25) is 4.98 Å². The Morgan fingerprint density at radius 3 is 2.60 bits per heavy atom. The van der Waals surface area contributed by atoms with Crippen LogP contribution in [-0.2, 0) is 13.0 Å². The lowest BCUT2D eigenvalue weighted by Gasteiger charge is -2.07. The van der Waals surface area contributed by atoms with Crippen molar-refractivity contribution in [1.82, 2.24) is 15.6 Å². The van der Waals surface area contributed by atoms with Gasteiger partial charge in [-0.05, 0) is 29.8 Å². The van der Waals surface area contributed by atoms with E-state index in [1.165, 1.54) is 0 Å². The van der Waals surface area contributed by atoms with Crippen LogP contribution in [0.15, 0.2) is 48.7 Å². The third kappa shape index (κ3) is 4.90. The molecule has 0 aliphatic heterocycles. The molecular weight excluding hydrogens is 274 g/mol. The molecule has 0 spiro atoms. The van der Waals surface area contributed by atoms with Crippen LogP contribution in [-0.4, -0.2) is 17.6 Å². The van der Waals surface area contributed by atoms with Crippen molar-refractivity contribution in [2.75, 3.05) is 6.54 Å².